The van der Waals surface area contributed by atoms with Crippen molar-refractivity contribution < 1.29 is 14.3 Å². The highest BCUT2D eigenvalue weighted by Crippen LogP contribution is 2.11. The van der Waals surface area contributed by atoms with E-state index < -0.39 is 11.8 Å². The standard InChI is InChI=1S/C15H13NO3/c1-19-13-9-7-12(8-10-13)15(18)16-14(17)11-5-3-2-4-6-11/h2-10H,1H3,(H,16,17,18). The smallest absolute Gasteiger partial charge is 0.258 e. The van der Waals surface area contributed by atoms with E-state index in [9.17, 15) is 9.59 Å². The lowest BCUT2D eigenvalue weighted by Crippen LogP contribution is -2.30. The van der Waals surface area contributed by atoms with Crippen molar-refractivity contribution in [2.45, 2.75) is 0 Å². The second kappa shape index (κ2) is 5.82. The molecule has 2 amide bonds. The van der Waals surface area contributed by atoms with E-state index >= 15 is 0 Å². The van der Waals surface area contributed by atoms with Crippen molar-refractivity contribution in [3.05, 3.63) is 65.7 Å². The molecule has 0 fully saturated rings. The normalized spacial score (nSPS) is 9.74. The van der Waals surface area contributed by atoms with Crippen molar-refractivity contribution in [3.63, 3.8) is 0 Å². The Kier molecular flexibility index (Phi) is 3.93. The fourth-order valence-electron chi connectivity index (χ4n) is 1.58. The summed E-state index contributed by atoms with van der Waals surface area (Å²) in [5.41, 5.74) is 0.856. The van der Waals surface area contributed by atoms with Gasteiger partial charge in [-0.15, -0.1) is 0 Å². The average molecular weight is 255 g/mol. The molecule has 2 aromatic rings. The number of nitrogens with one attached hydrogen (secondary N) is 1. The molecule has 0 aromatic heterocycles. The molecule has 2 rings (SSSR count). The van der Waals surface area contributed by atoms with E-state index in [1.54, 1.807) is 55.6 Å². The van der Waals surface area contributed by atoms with Crippen LogP contribution in [0.4, 0.5) is 0 Å². The van der Waals surface area contributed by atoms with Crippen LogP contribution in [0.25, 0.3) is 0 Å². The van der Waals surface area contributed by atoms with E-state index in [4.69, 9.17) is 4.74 Å². The predicted molar refractivity (Wildman–Crippen MR) is 71.2 cm³/mol. The van der Waals surface area contributed by atoms with Crippen molar-refractivity contribution in [2.75, 3.05) is 7.11 Å². The second-order valence-electron chi connectivity index (χ2n) is 3.88. The quantitative estimate of drug-likeness (QED) is 0.856. The zero-order valence-electron chi connectivity index (χ0n) is 10.4. The second-order valence-corrected chi connectivity index (χ2v) is 3.88. The Balaban J connectivity index is 2.06. The Bertz CT molecular complexity index is 576. The van der Waals surface area contributed by atoms with Gasteiger partial charge in [0.1, 0.15) is 5.75 Å². The predicted octanol–water partition coefficient (Wildman–Crippen LogP) is 2.27. The summed E-state index contributed by atoms with van der Waals surface area (Å²) in [6.45, 7) is 0. The number of ether oxygens (including phenoxy) is 1. The van der Waals surface area contributed by atoms with Crippen LogP contribution in [-0.2, 0) is 0 Å². The number of methoxy groups -OCH3 is 1. The molecule has 0 aliphatic carbocycles. The summed E-state index contributed by atoms with van der Waals surface area (Å²) in [6.07, 6.45) is 0. The molecule has 0 bridgehead atoms. The Morgan fingerprint density at radius 2 is 1.37 bits per heavy atom. The van der Waals surface area contributed by atoms with Gasteiger partial charge in [0.2, 0.25) is 0 Å². The van der Waals surface area contributed by atoms with Crippen molar-refractivity contribution >= 4 is 11.8 Å². The SMILES string of the molecule is COc1ccc(C(=O)NC(=O)c2ccccc2)cc1. The fourth-order valence-corrected chi connectivity index (χ4v) is 1.58. The molecule has 0 aliphatic heterocycles. The molecule has 0 saturated heterocycles. The van der Waals surface area contributed by atoms with Gasteiger partial charge in [0.15, 0.2) is 0 Å². The van der Waals surface area contributed by atoms with Gasteiger partial charge in [0, 0.05) is 11.1 Å². The molecule has 19 heavy (non-hydrogen) atoms. The van der Waals surface area contributed by atoms with Crippen LogP contribution >= 0.6 is 0 Å². The lowest BCUT2D eigenvalue weighted by molar-refractivity contribution is 0.0849. The van der Waals surface area contributed by atoms with E-state index in [1.165, 1.54) is 0 Å². The molecule has 0 spiro atoms. The highest BCUT2D eigenvalue weighted by atomic mass is 16.5. The van der Waals surface area contributed by atoms with Crippen LogP contribution < -0.4 is 10.1 Å². The van der Waals surface area contributed by atoms with Gasteiger partial charge in [0.05, 0.1) is 7.11 Å². The minimum absolute atomic E-state index is 0.407. The first-order chi connectivity index (χ1) is 9.20. The van der Waals surface area contributed by atoms with Gasteiger partial charge in [-0.25, -0.2) is 0 Å². The number of imide groups is 1. The summed E-state index contributed by atoms with van der Waals surface area (Å²) in [5.74, 6) is -0.191. The number of hydrogen-bond acceptors (Lipinski definition) is 3. The molecule has 4 nitrogen and oxygen atoms in total. The number of carbonyl (C=O) groups is 2. The lowest BCUT2D eigenvalue weighted by Gasteiger charge is -2.05. The number of carbonyl (C=O) groups excluding carboxylic acids is 2. The third-order valence-corrected chi connectivity index (χ3v) is 2.62. The van der Waals surface area contributed by atoms with Crippen LogP contribution in [0.5, 0.6) is 5.75 Å². The molecule has 4 heteroatoms. The first-order valence-electron chi connectivity index (χ1n) is 5.75. The molecule has 0 heterocycles. The Morgan fingerprint density at radius 1 is 0.842 bits per heavy atom. The van der Waals surface area contributed by atoms with Crippen molar-refractivity contribution in [1.29, 1.82) is 0 Å². The molecule has 0 saturated carbocycles. The van der Waals surface area contributed by atoms with Crippen LogP contribution in [0, 0.1) is 0 Å². The zero-order valence-corrected chi connectivity index (χ0v) is 10.4. The molecule has 0 unspecified atom stereocenters. The van der Waals surface area contributed by atoms with E-state index in [0.717, 1.165) is 0 Å². The van der Waals surface area contributed by atoms with Gasteiger partial charge < -0.3 is 4.74 Å². The van der Waals surface area contributed by atoms with Gasteiger partial charge in [0.25, 0.3) is 11.8 Å². The summed E-state index contributed by atoms with van der Waals surface area (Å²) in [4.78, 5) is 23.7. The molecular formula is C15H13NO3. The Hall–Kier alpha value is -2.62. The molecule has 0 aliphatic rings. The Labute approximate surface area is 111 Å². The monoisotopic (exact) mass is 255 g/mol. The maximum atomic E-state index is 11.9. The van der Waals surface area contributed by atoms with E-state index in [-0.39, 0.29) is 0 Å². The van der Waals surface area contributed by atoms with E-state index in [2.05, 4.69) is 5.32 Å². The summed E-state index contributed by atoms with van der Waals surface area (Å²) >= 11 is 0. The van der Waals surface area contributed by atoms with Gasteiger partial charge in [-0.2, -0.15) is 0 Å². The number of rotatable bonds is 3. The van der Waals surface area contributed by atoms with E-state index in [0.29, 0.717) is 16.9 Å². The molecule has 2 aromatic carbocycles. The maximum Gasteiger partial charge on any atom is 0.258 e. The van der Waals surface area contributed by atoms with Crippen LogP contribution in [0.2, 0.25) is 0 Å². The van der Waals surface area contributed by atoms with E-state index in [1.807, 2.05) is 6.07 Å². The summed E-state index contributed by atoms with van der Waals surface area (Å²) in [5, 5.41) is 2.33. The molecule has 0 atom stereocenters. The summed E-state index contributed by atoms with van der Waals surface area (Å²) in [7, 11) is 1.55. The minimum atomic E-state index is -0.434. The van der Waals surface area contributed by atoms with Crippen molar-refractivity contribution in [1.82, 2.24) is 5.32 Å². The van der Waals surface area contributed by atoms with Crippen LogP contribution in [0.1, 0.15) is 20.7 Å². The fraction of sp³-hybridized carbons (Fsp3) is 0.0667. The van der Waals surface area contributed by atoms with Crippen molar-refractivity contribution in [3.8, 4) is 5.75 Å². The zero-order chi connectivity index (χ0) is 13.7. The largest absolute Gasteiger partial charge is 0.497 e. The first-order valence-corrected chi connectivity index (χ1v) is 5.75. The lowest BCUT2D eigenvalue weighted by atomic mass is 10.2. The minimum Gasteiger partial charge on any atom is -0.497 e. The highest BCUT2D eigenvalue weighted by molar-refractivity contribution is 6.10. The van der Waals surface area contributed by atoms with Gasteiger partial charge >= 0.3 is 0 Å². The molecule has 96 valence electrons. The average Bonchev–Trinajstić information content (AvgIpc) is 2.48. The third kappa shape index (κ3) is 3.19. The highest BCUT2D eigenvalue weighted by Gasteiger charge is 2.11. The maximum absolute atomic E-state index is 11.9. The summed E-state index contributed by atoms with van der Waals surface area (Å²) in [6, 6.07) is 15.1. The van der Waals surface area contributed by atoms with Gasteiger partial charge in [-0.1, -0.05) is 18.2 Å². The number of benzene rings is 2. The first kappa shape index (κ1) is 12.8. The van der Waals surface area contributed by atoms with Crippen LogP contribution in [0.3, 0.4) is 0 Å². The Morgan fingerprint density at radius 3 is 1.89 bits per heavy atom. The van der Waals surface area contributed by atoms with Gasteiger partial charge in [-0.05, 0) is 36.4 Å². The van der Waals surface area contributed by atoms with Crippen molar-refractivity contribution in [2.24, 2.45) is 0 Å². The third-order valence-electron chi connectivity index (χ3n) is 2.62. The van der Waals surface area contributed by atoms with Crippen LogP contribution in [-0.4, -0.2) is 18.9 Å². The molecular weight excluding hydrogens is 242 g/mol. The topological polar surface area (TPSA) is 55.4 Å². The van der Waals surface area contributed by atoms with Gasteiger partial charge in [-0.3, -0.25) is 14.9 Å². The number of amides is 2. The molecule has 1 N–H and O–H groups in total. The molecule has 0 radical (unpaired) electrons. The van der Waals surface area contributed by atoms with Crippen LogP contribution in [0.15, 0.2) is 54.6 Å². The number of hydrogen-bond donors (Lipinski definition) is 1. The summed E-state index contributed by atoms with van der Waals surface area (Å²) < 4.78 is 5.00.